The van der Waals surface area contributed by atoms with E-state index in [1.165, 1.54) is 12.1 Å². The Bertz CT molecular complexity index is 579. The number of piperidine rings is 1. The van der Waals surface area contributed by atoms with Crippen LogP contribution in [0, 0.1) is 11.7 Å². The molecule has 1 aliphatic heterocycles. The van der Waals surface area contributed by atoms with Crippen molar-refractivity contribution in [1.29, 1.82) is 0 Å². The molecule has 0 aromatic heterocycles. The van der Waals surface area contributed by atoms with E-state index in [0.29, 0.717) is 32.0 Å². The number of likely N-dealkylation sites (tertiary alicyclic amines) is 1. The first-order valence-corrected chi connectivity index (χ1v) is 8.67. The van der Waals surface area contributed by atoms with Crippen molar-refractivity contribution in [3.05, 3.63) is 30.1 Å². The Labute approximate surface area is 147 Å². The predicted octanol–water partition coefficient (Wildman–Crippen LogP) is 1.25. The molecule has 2 N–H and O–H groups in total. The lowest BCUT2D eigenvalue weighted by Gasteiger charge is -2.34. The quantitative estimate of drug-likeness (QED) is 0.765. The minimum atomic E-state index is -0.367. The van der Waals surface area contributed by atoms with Crippen molar-refractivity contribution in [3.63, 3.8) is 0 Å². The van der Waals surface area contributed by atoms with Crippen LogP contribution in [0.4, 0.5) is 4.39 Å². The summed E-state index contributed by atoms with van der Waals surface area (Å²) in [6.45, 7) is 4.91. The van der Waals surface area contributed by atoms with E-state index in [0.717, 1.165) is 19.4 Å². The second-order valence-corrected chi connectivity index (χ2v) is 6.26. The molecule has 1 fully saturated rings. The molecule has 1 heterocycles. The van der Waals surface area contributed by atoms with Crippen LogP contribution in [0.3, 0.4) is 0 Å². The second kappa shape index (κ2) is 9.36. The average molecular weight is 351 g/mol. The van der Waals surface area contributed by atoms with Gasteiger partial charge < -0.3 is 15.4 Å². The van der Waals surface area contributed by atoms with Crippen molar-refractivity contribution < 1.29 is 18.7 Å². The number of primary amides is 1. The number of carbonyl (C=O) groups is 2. The summed E-state index contributed by atoms with van der Waals surface area (Å²) in [6.07, 6.45) is 1.71. The van der Waals surface area contributed by atoms with Gasteiger partial charge in [0.25, 0.3) is 0 Å². The number of likely N-dealkylation sites (N-methyl/N-ethyl adjacent to an activating group) is 1. The Hall–Kier alpha value is -2.15. The largest absolute Gasteiger partial charge is 0.492 e. The number of ether oxygens (including phenoxy) is 1. The molecule has 1 aliphatic rings. The van der Waals surface area contributed by atoms with Gasteiger partial charge in [-0.1, -0.05) is 0 Å². The topological polar surface area (TPSA) is 75.9 Å². The predicted molar refractivity (Wildman–Crippen MR) is 92.5 cm³/mol. The molecule has 138 valence electrons. The van der Waals surface area contributed by atoms with Crippen molar-refractivity contribution in [2.24, 2.45) is 11.7 Å². The van der Waals surface area contributed by atoms with Gasteiger partial charge in [-0.2, -0.15) is 0 Å². The zero-order valence-corrected chi connectivity index (χ0v) is 14.6. The lowest BCUT2D eigenvalue weighted by Crippen LogP contribution is -2.47. The van der Waals surface area contributed by atoms with Crippen LogP contribution in [0.25, 0.3) is 0 Å². The molecule has 1 atom stereocenters. The van der Waals surface area contributed by atoms with Crippen LogP contribution in [0.2, 0.25) is 0 Å². The second-order valence-electron chi connectivity index (χ2n) is 6.26. The molecule has 7 heteroatoms. The van der Waals surface area contributed by atoms with E-state index in [9.17, 15) is 14.0 Å². The number of benzene rings is 1. The van der Waals surface area contributed by atoms with Gasteiger partial charge in [-0.3, -0.25) is 14.5 Å². The third kappa shape index (κ3) is 6.01. The molecule has 0 spiro atoms. The Morgan fingerprint density at radius 3 is 2.72 bits per heavy atom. The summed E-state index contributed by atoms with van der Waals surface area (Å²) in [5, 5.41) is 0. The Balaban J connectivity index is 1.83. The number of carbonyl (C=O) groups excluding carboxylic acids is 2. The third-order valence-electron chi connectivity index (χ3n) is 4.37. The molecule has 1 unspecified atom stereocenters. The number of hydrogen-bond acceptors (Lipinski definition) is 4. The number of amides is 2. The summed E-state index contributed by atoms with van der Waals surface area (Å²) < 4.78 is 18.4. The van der Waals surface area contributed by atoms with Gasteiger partial charge in [0.2, 0.25) is 11.8 Å². The highest BCUT2D eigenvalue weighted by molar-refractivity contribution is 5.79. The number of hydrogen-bond donors (Lipinski definition) is 1. The van der Waals surface area contributed by atoms with Gasteiger partial charge in [-0.25, -0.2) is 4.39 Å². The van der Waals surface area contributed by atoms with Gasteiger partial charge in [0.05, 0.1) is 19.0 Å². The molecule has 2 rings (SSSR count). The fourth-order valence-corrected chi connectivity index (χ4v) is 3.11. The lowest BCUT2D eigenvalue weighted by atomic mass is 9.96. The van der Waals surface area contributed by atoms with E-state index >= 15 is 0 Å². The van der Waals surface area contributed by atoms with Crippen LogP contribution in [0.5, 0.6) is 5.75 Å². The van der Waals surface area contributed by atoms with Gasteiger partial charge >= 0.3 is 0 Å². The molecule has 6 nitrogen and oxygen atoms in total. The van der Waals surface area contributed by atoms with E-state index in [4.69, 9.17) is 10.5 Å². The zero-order valence-electron chi connectivity index (χ0n) is 14.6. The molecule has 0 saturated carbocycles. The first kappa shape index (κ1) is 19.2. The summed E-state index contributed by atoms with van der Waals surface area (Å²) in [4.78, 5) is 27.5. The molecule has 0 radical (unpaired) electrons. The van der Waals surface area contributed by atoms with Crippen LogP contribution in [-0.4, -0.2) is 60.9 Å². The van der Waals surface area contributed by atoms with Crippen molar-refractivity contribution >= 4 is 11.8 Å². The number of halogens is 1. The third-order valence-corrected chi connectivity index (χ3v) is 4.37. The first-order chi connectivity index (χ1) is 12.0. The number of nitrogens with two attached hydrogens (primary N) is 1. The van der Waals surface area contributed by atoms with Gasteiger partial charge in [-0.05, 0) is 50.6 Å². The molecular weight excluding hydrogens is 325 g/mol. The van der Waals surface area contributed by atoms with E-state index < -0.39 is 0 Å². The maximum absolute atomic E-state index is 12.9. The van der Waals surface area contributed by atoms with Gasteiger partial charge in [0, 0.05) is 13.1 Å². The summed E-state index contributed by atoms with van der Waals surface area (Å²) in [6, 6.07) is 5.81. The summed E-state index contributed by atoms with van der Waals surface area (Å²) in [5.74, 6) is -0.128. The van der Waals surface area contributed by atoms with E-state index in [2.05, 4.69) is 0 Å². The summed E-state index contributed by atoms with van der Waals surface area (Å²) >= 11 is 0. The van der Waals surface area contributed by atoms with Crippen molar-refractivity contribution in [3.8, 4) is 5.75 Å². The highest BCUT2D eigenvalue weighted by atomic mass is 19.1. The molecule has 0 bridgehead atoms. The fourth-order valence-electron chi connectivity index (χ4n) is 3.11. The highest BCUT2D eigenvalue weighted by Crippen LogP contribution is 2.19. The molecule has 1 aromatic carbocycles. The number of nitrogens with zero attached hydrogens (tertiary/aromatic N) is 2. The molecule has 0 aliphatic carbocycles. The van der Waals surface area contributed by atoms with Crippen LogP contribution in [-0.2, 0) is 9.59 Å². The average Bonchev–Trinajstić information content (AvgIpc) is 2.59. The lowest BCUT2D eigenvalue weighted by molar-refractivity contribution is -0.138. The molecule has 1 saturated heterocycles. The van der Waals surface area contributed by atoms with Crippen molar-refractivity contribution in [2.45, 2.75) is 19.8 Å². The van der Waals surface area contributed by atoms with Crippen LogP contribution < -0.4 is 10.5 Å². The van der Waals surface area contributed by atoms with Crippen molar-refractivity contribution in [2.75, 3.05) is 39.3 Å². The highest BCUT2D eigenvalue weighted by Gasteiger charge is 2.29. The first-order valence-electron chi connectivity index (χ1n) is 8.67. The zero-order chi connectivity index (χ0) is 18.2. The molecule has 25 heavy (non-hydrogen) atoms. The van der Waals surface area contributed by atoms with E-state index in [1.807, 2.05) is 11.8 Å². The minimum absolute atomic E-state index is 0.0828. The SMILES string of the molecule is CCN(CCOc1ccc(F)cc1)C(=O)C1CCCN(CC(N)=O)C1. The van der Waals surface area contributed by atoms with E-state index in [1.54, 1.807) is 17.0 Å². The summed E-state index contributed by atoms with van der Waals surface area (Å²) in [5.41, 5.74) is 5.25. The Morgan fingerprint density at radius 1 is 1.36 bits per heavy atom. The Kier molecular flexibility index (Phi) is 7.18. The monoisotopic (exact) mass is 351 g/mol. The summed E-state index contributed by atoms with van der Waals surface area (Å²) in [7, 11) is 0. The maximum Gasteiger partial charge on any atom is 0.231 e. The number of rotatable bonds is 8. The maximum atomic E-state index is 12.9. The normalized spacial score (nSPS) is 17.9. The van der Waals surface area contributed by atoms with Crippen LogP contribution >= 0.6 is 0 Å². The standard InChI is InChI=1S/C18H26FN3O3/c1-2-22(10-11-25-16-7-5-15(19)6-8-16)18(24)14-4-3-9-21(12-14)13-17(20)23/h5-8,14H,2-4,9-13H2,1H3,(H2,20,23). The smallest absolute Gasteiger partial charge is 0.231 e. The minimum Gasteiger partial charge on any atom is -0.492 e. The molecule has 2 amide bonds. The Morgan fingerprint density at radius 2 is 2.08 bits per heavy atom. The van der Waals surface area contributed by atoms with Gasteiger partial charge in [0.15, 0.2) is 0 Å². The fraction of sp³-hybridized carbons (Fsp3) is 0.556. The van der Waals surface area contributed by atoms with Crippen molar-refractivity contribution in [1.82, 2.24) is 9.80 Å². The van der Waals surface area contributed by atoms with E-state index in [-0.39, 0.29) is 30.1 Å². The van der Waals surface area contributed by atoms with Crippen LogP contribution in [0.15, 0.2) is 24.3 Å². The van der Waals surface area contributed by atoms with Gasteiger partial charge in [-0.15, -0.1) is 0 Å². The van der Waals surface area contributed by atoms with Gasteiger partial charge in [0.1, 0.15) is 18.2 Å². The molecular formula is C18H26FN3O3. The molecule has 1 aromatic rings. The van der Waals surface area contributed by atoms with Crippen LogP contribution in [0.1, 0.15) is 19.8 Å².